The van der Waals surface area contributed by atoms with E-state index in [9.17, 15) is 8.42 Å². The van der Waals surface area contributed by atoms with Crippen LogP contribution in [0.15, 0.2) is 47.5 Å². The molecule has 0 radical (unpaired) electrons. The van der Waals surface area contributed by atoms with Gasteiger partial charge in [-0.1, -0.05) is 18.6 Å². The van der Waals surface area contributed by atoms with E-state index in [2.05, 4.69) is 18.0 Å². The molecule has 1 saturated heterocycles. The molecule has 3 heterocycles. The third kappa shape index (κ3) is 3.64. The predicted molar refractivity (Wildman–Crippen MR) is 113 cm³/mol. The molecular weight excluding hydrogens is 392 g/mol. The Labute approximate surface area is 169 Å². The molecule has 28 heavy (non-hydrogen) atoms. The lowest BCUT2D eigenvalue weighted by atomic mass is 10.2. The van der Waals surface area contributed by atoms with Gasteiger partial charge in [-0.3, -0.25) is 0 Å². The van der Waals surface area contributed by atoms with E-state index in [0.29, 0.717) is 13.1 Å². The van der Waals surface area contributed by atoms with Crippen LogP contribution < -0.4 is 4.90 Å². The van der Waals surface area contributed by atoms with Crippen LogP contribution >= 0.6 is 11.3 Å². The Hall–Kier alpha value is -2.03. The van der Waals surface area contributed by atoms with Crippen LogP contribution in [0.25, 0.3) is 10.2 Å². The first-order valence-corrected chi connectivity index (χ1v) is 11.8. The lowest BCUT2D eigenvalue weighted by Gasteiger charge is -2.27. The molecule has 1 atom stereocenters. The zero-order chi connectivity index (χ0) is 19.7. The van der Waals surface area contributed by atoms with Crippen LogP contribution in [0.5, 0.6) is 0 Å². The summed E-state index contributed by atoms with van der Waals surface area (Å²) in [6, 6.07) is 11.6. The molecule has 1 aromatic carbocycles. The van der Waals surface area contributed by atoms with E-state index in [1.54, 1.807) is 27.8 Å². The van der Waals surface area contributed by atoms with Gasteiger partial charge in [0.1, 0.15) is 15.7 Å². The average molecular weight is 417 g/mol. The first-order valence-electron chi connectivity index (χ1n) is 9.51. The van der Waals surface area contributed by atoms with E-state index in [0.717, 1.165) is 40.3 Å². The van der Waals surface area contributed by atoms with Crippen molar-refractivity contribution in [2.45, 2.75) is 37.1 Å². The summed E-state index contributed by atoms with van der Waals surface area (Å²) in [6.45, 7) is 3.27. The second-order valence-corrected chi connectivity index (χ2v) is 10.1. The molecule has 148 valence electrons. The molecule has 4 rings (SSSR count). The molecule has 0 unspecified atom stereocenters. The topological polar surface area (TPSA) is 66.4 Å². The number of aromatic nitrogens is 2. The fourth-order valence-corrected chi connectivity index (χ4v) is 5.95. The van der Waals surface area contributed by atoms with E-state index in [-0.39, 0.29) is 10.9 Å². The van der Waals surface area contributed by atoms with Gasteiger partial charge in [0.05, 0.1) is 16.3 Å². The lowest BCUT2D eigenvalue weighted by molar-refractivity contribution is 0.346. The molecule has 0 N–H and O–H groups in total. The van der Waals surface area contributed by atoms with Crippen molar-refractivity contribution >= 4 is 37.4 Å². The maximum absolute atomic E-state index is 12.8. The van der Waals surface area contributed by atoms with E-state index in [1.807, 2.05) is 30.1 Å². The molecule has 8 heteroatoms. The maximum Gasteiger partial charge on any atom is 0.244 e. The number of para-hydroxylation sites is 1. The molecule has 0 aliphatic carbocycles. The highest BCUT2D eigenvalue weighted by molar-refractivity contribution is 7.89. The summed E-state index contributed by atoms with van der Waals surface area (Å²) in [4.78, 5) is 11.4. The standard InChI is InChI=1S/C20H24N4O2S2/c1-15(20-22-17-8-4-5-9-18(17)27-20)23(2)19-11-10-16(14-21-19)28(25,26)24-12-6-3-7-13-24/h4-5,8-11,14-15H,3,6-7,12-13H2,1-2H3/t15-/m1/s1. The minimum atomic E-state index is -3.45. The fourth-order valence-electron chi connectivity index (χ4n) is 3.42. The third-order valence-electron chi connectivity index (χ3n) is 5.28. The largest absolute Gasteiger partial charge is 0.350 e. The number of anilines is 1. The first kappa shape index (κ1) is 19.3. The molecule has 3 aromatic rings. The summed E-state index contributed by atoms with van der Waals surface area (Å²) in [5, 5.41) is 1.01. The monoisotopic (exact) mass is 416 g/mol. The Balaban J connectivity index is 1.54. The van der Waals surface area contributed by atoms with Crippen LogP contribution in [0.2, 0.25) is 0 Å². The van der Waals surface area contributed by atoms with Crippen molar-refractivity contribution < 1.29 is 8.42 Å². The van der Waals surface area contributed by atoms with Gasteiger partial charge in [0, 0.05) is 26.3 Å². The number of pyridine rings is 1. The molecular formula is C20H24N4O2S2. The van der Waals surface area contributed by atoms with Gasteiger partial charge < -0.3 is 4.90 Å². The minimum absolute atomic E-state index is 0.0365. The Morgan fingerprint density at radius 2 is 1.86 bits per heavy atom. The third-order valence-corrected chi connectivity index (χ3v) is 8.37. The Morgan fingerprint density at radius 1 is 1.11 bits per heavy atom. The molecule has 1 fully saturated rings. The summed E-state index contributed by atoms with van der Waals surface area (Å²) in [7, 11) is -1.50. The number of fused-ring (bicyclic) bond motifs is 1. The summed E-state index contributed by atoms with van der Waals surface area (Å²) < 4.78 is 28.3. The Bertz CT molecular complexity index is 1020. The quantitative estimate of drug-likeness (QED) is 0.627. The van der Waals surface area contributed by atoms with Crippen LogP contribution in [0, 0.1) is 0 Å². The predicted octanol–water partition coefficient (Wildman–Crippen LogP) is 4.06. The zero-order valence-electron chi connectivity index (χ0n) is 16.1. The first-order chi connectivity index (χ1) is 13.5. The maximum atomic E-state index is 12.8. The van der Waals surface area contributed by atoms with E-state index in [4.69, 9.17) is 4.98 Å². The zero-order valence-corrected chi connectivity index (χ0v) is 17.7. The minimum Gasteiger partial charge on any atom is -0.350 e. The van der Waals surface area contributed by atoms with Gasteiger partial charge in [-0.25, -0.2) is 18.4 Å². The van der Waals surface area contributed by atoms with Crippen molar-refractivity contribution in [3.05, 3.63) is 47.6 Å². The van der Waals surface area contributed by atoms with Crippen LogP contribution in [0.1, 0.15) is 37.2 Å². The van der Waals surface area contributed by atoms with Gasteiger partial charge in [0.25, 0.3) is 0 Å². The molecule has 0 bridgehead atoms. The number of piperidine rings is 1. The highest BCUT2D eigenvalue weighted by Gasteiger charge is 2.26. The smallest absolute Gasteiger partial charge is 0.244 e. The molecule has 1 aliphatic rings. The van der Waals surface area contributed by atoms with Gasteiger partial charge in [-0.05, 0) is 44.0 Å². The van der Waals surface area contributed by atoms with Gasteiger partial charge in [0.2, 0.25) is 10.0 Å². The van der Waals surface area contributed by atoms with Crippen LogP contribution in [-0.4, -0.2) is 42.8 Å². The molecule has 0 amide bonds. The molecule has 1 aliphatic heterocycles. The summed E-state index contributed by atoms with van der Waals surface area (Å²) >= 11 is 1.67. The van der Waals surface area contributed by atoms with Crippen LogP contribution in [-0.2, 0) is 10.0 Å². The number of hydrogen-bond acceptors (Lipinski definition) is 6. The number of sulfonamides is 1. The molecule has 2 aromatic heterocycles. The van der Waals surface area contributed by atoms with Crippen molar-refractivity contribution in [1.82, 2.24) is 14.3 Å². The highest BCUT2D eigenvalue weighted by Crippen LogP contribution is 2.31. The second kappa shape index (κ2) is 7.77. The van der Waals surface area contributed by atoms with E-state index < -0.39 is 10.0 Å². The van der Waals surface area contributed by atoms with E-state index >= 15 is 0 Å². The average Bonchev–Trinajstić information content (AvgIpc) is 3.17. The van der Waals surface area contributed by atoms with Crippen LogP contribution in [0.3, 0.4) is 0 Å². The highest BCUT2D eigenvalue weighted by atomic mass is 32.2. The van der Waals surface area contributed by atoms with Crippen molar-refractivity contribution in [3.63, 3.8) is 0 Å². The molecule has 6 nitrogen and oxygen atoms in total. The SMILES string of the molecule is C[C@H](c1nc2ccccc2s1)N(C)c1ccc(S(=O)(=O)N2CCCCC2)cn1. The number of rotatable bonds is 5. The van der Waals surface area contributed by atoms with Gasteiger partial charge in [-0.15, -0.1) is 11.3 Å². The summed E-state index contributed by atoms with van der Waals surface area (Å²) in [6.07, 6.45) is 4.42. The Morgan fingerprint density at radius 3 is 2.54 bits per heavy atom. The number of benzene rings is 1. The van der Waals surface area contributed by atoms with Crippen molar-refractivity contribution in [2.75, 3.05) is 25.0 Å². The summed E-state index contributed by atoms with van der Waals surface area (Å²) in [5.41, 5.74) is 0.999. The number of thiazole rings is 1. The molecule has 0 spiro atoms. The van der Waals surface area contributed by atoms with Gasteiger partial charge in [-0.2, -0.15) is 4.31 Å². The van der Waals surface area contributed by atoms with Crippen molar-refractivity contribution in [1.29, 1.82) is 0 Å². The normalized spacial score (nSPS) is 16.9. The van der Waals surface area contributed by atoms with Crippen molar-refractivity contribution in [2.24, 2.45) is 0 Å². The number of hydrogen-bond donors (Lipinski definition) is 0. The summed E-state index contributed by atoms with van der Waals surface area (Å²) in [5.74, 6) is 0.726. The van der Waals surface area contributed by atoms with E-state index in [1.165, 1.54) is 6.20 Å². The van der Waals surface area contributed by atoms with Gasteiger partial charge in [0.15, 0.2) is 0 Å². The van der Waals surface area contributed by atoms with Gasteiger partial charge >= 0.3 is 0 Å². The fraction of sp³-hybridized carbons (Fsp3) is 0.400. The van der Waals surface area contributed by atoms with Crippen LogP contribution in [0.4, 0.5) is 5.82 Å². The number of nitrogens with zero attached hydrogens (tertiary/aromatic N) is 4. The lowest BCUT2D eigenvalue weighted by Crippen LogP contribution is -2.35. The second-order valence-electron chi connectivity index (χ2n) is 7.12. The molecule has 0 saturated carbocycles. The Kier molecular flexibility index (Phi) is 5.35. The van der Waals surface area contributed by atoms with Crippen molar-refractivity contribution in [3.8, 4) is 0 Å².